The molecule has 0 fully saturated rings. The van der Waals surface area contributed by atoms with E-state index in [9.17, 15) is 0 Å². The fourth-order valence-corrected chi connectivity index (χ4v) is 0. The minimum absolute atomic E-state index is 0.833. The Labute approximate surface area is 42.4 Å². The Morgan fingerprint density at radius 2 is 1.14 bits per heavy atom. The molecule has 0 aliphatic rings. The zero-order valence-corrected chi connectivity index (χ0v) is 4.43. The molecule has 0 saturated heterocycles. The molecule has 0 unspecified atom stereocenters. The van der Waals surface area contributed by atoms with E-state index in [1.807, 2.05) is 13.6 Å². The number of carbonyl (C=O) groups is 2. The van der Waals surface area contributed by atoms with Gasteiger partial charge in [-0.1, -0.05) is 0 Å². The molecule has 0 aromatic carbocycles. The average Bonchev–Trinajstić information content (AvgIpc) is 1.78. The SMILES string of the molecule is C=O.C=O.O=PO. The van der Waals surface area contributed by atoms with Crippen molar-refractivity contribution in [3.63, 3.8) is 0 Å². The highest BCUT2D eigenvalue weighted by Gasteiger charge is 1.28. The summed E-state index contributed by atoms with van der Waals surface area (Å²) in [5.74, 6) is 0. The molecule has 0 spiro atoms. The quantitative estimate of drug-likeness (QED) is 0.454. The van der Waals surface area contributed by atoms with Crippen LogP contribution in [0.5, 0.6) is 0 Å². The fourth-order valence-electron chi connectivity index (χ4n) is 0. The van der Waals surface area contributed by atoms with E-state index in [1.165, 1.54) is 0 Å². The van der Waals surface area contributed by atoms with E-state index in [0.717, 1.165) is 0 Å². The summed E-state index contributed by atoms with van der Waals surface area (Å²) in [4.78, 5) is 23.0. The Hall–Kier alpha value is -0.600. The summed E-state index contributed by atoms with van der Waals surface area (Å²) in [7, 11) is -0.833. The van der Waals surface area contributed by atoms with Gasteiger partial charge in [0.25, 0.3) is 0 Å². The highest BCUT2D eigenvalue weighted by atomic mass is 31.1. The van der Waals surface area contributed by atoms with Crippen LogP contribution in [0.15, 0.2) is 0 Å². The molecule has 5 heteroatoms. The first-order chi connectivity index (χ1) is 3.41. The Kier molecular flexibility index (Phi) is 1510. The van der Waals surface area contributed by atoms with E-state index < -0.39 is 8.69 Å². The van der Waals surface area contributed by atoms with Crippen molar-refractivity contribution in [2.24, 2.45) is 0 Å². The van der Waals surface area contributed by atoms with Gasteiger partial charge in [-0.05, 0) is 0 Å². The van der Waals surface area contributed by atoms with E-state index in [2.05, 4.69) is 0 Å². The van der Waals surface area contributed by atoms with Crippen molar-refractivity contribution in [1.29, 1.82) is 0 Å². The third-order valence-corrected chi connectivity index (χ3v) is 0. The summed E-state index contributed by atoms with van der Waals surface area (Å²) in [6.45, 7) is 4.00. The zero-order valence-electron chi connectivity index (χ0n) is 3.53. The number of carbonyl (C=O) groups excluding carboxylic acids is 2. The molecular formula is C2H5O4P. The molecule has 7 heavy (non-hydrogen) atoms. The lowest BCUT2D eigenvalue weighted by Gasteiger charge is -1.24. The topological polar surface area (TPSA) is 71.4 Å². The van der Waals surface area contributed by atoms with Gasteiger partial charge in [-0.3, -0.25) is 0 Å². The second-order valence-electron chi connectivity index (χ2n) is 0.0816. The standard InChI is InChI=1S/2CH2O.HO2P/c2*1-2;1-3-2/h2*1H2;(H,1,2). The minimum atomic E-state index is -0.833. The molecule has 0 aliphatic carbocycles. The second-order valence-corrected chi connectivity index (χ2v) is 0.245. The number of rotatable bonds is 0. The van der Waals surface area contributed by atoms with Gasteiger partial charge in [-0.2, -0.15) is 0 Å². The maximum absolute atomic E-state index is 8.46. The van der Waals surface area contributed by atoms with Crippen LogP contribution in [0.1, 0.15) is 0 Å². The highest BCUT2D eigenvalue weighted by molar-refractivity contribution is 7.16. The lowest BCUT2D eigenvalue weighted by atomic mass is 11.9. The molecule has 0 bridgehead atoms. The molecule has 4 nitrogen and oxygen atoms in total. The Morgan fingerprint density at radius 1 is 1.14 bits per heavy atom. The minimum Gasteiger partial charge on any atom is -0.310 e. The van der Waals surface area contributed by atoms with Crippen molar-refractivity contribution < 1.29 is 19.0 Å². The molecule has 1 N–H and O–H groups in total. The Balaban J connectivity index is -0.0000000360. The average molecular weight is 124 g/mol. The lowest BCUT2D eigenvalue weighted by molar-refractivity contribution is -0.0987. The molecule has 0 saturated carbocycles. The van der Waals surface area contributed by atoms with Crippen LogP contribution in [0.25, 0.3) is 0 Å². The van der Waals surface area contributed by atoms with E-state index in [0.29, 0.717) is 0 Å². The Morgan fingerprint density at radius 3 is 1.14 bits per heavy atom. The number of hydrogen-bond acceptors (Lipinski definition) is 3. The summed E-state index contributed by atoms with van der Waals surface area (Å²) >= 11 is 0. The van der Waals surface area contributed by atoms with E-state index in [1.54, 1.807) is 0 Å². The van der Waals surface area contributed by atoms with Gasteiger partial charge in [0, 0.05) is 0 Å². The molecule has 0 aromatic rings. The Bertz CT molecular complexity index is 28.9. The van der Waals surface area contributed by atoms with Crippen LogP contribution in [0.2, 0.25) is 0 Å². The van der Waals surface area contributed by atoms with Crippen molar-refractivity contribution >= 4 is 22.3 Å². The van der Waals surface area contributed by atoms with Crippen molar-refractivity contribution in [1.82, 2.24) is 0 Å². The summed E-state index contributed by atoms with van der Waals surface area (Å²) < 4.78 is 8.46. The smallest absolute Gasteiger partial charge is 0.310 e. The normalized spacial score (nSPS) is 4.14. The molecule has 0 heterocycles. The lowest BCUT2D eigenvalue weighted by Crippen LogP contribution is -1.03. The third-order valence-electron chi connectivity index (χ3n) is 0. The molecule has 0 aliphatic heterocycles. The largest absolute Gasteiger partial charge is 0.324 e. The van der Waals surface area contributed by atoms with Crippen LogP contribution < -0.4 is 0 Å². The summed E-state index contributed by atoms with van der Waals surface area (Å²) in [6.07, 6.45) is 0. The van der Waals surface area contributed by atoms with Crippen LogP contribution in [0, 0.1) is 0 Å². The van der Waals surface area contributed by atoms with Gasteiger partial charge in [0.05, 0.1) is 0 Å². The molecule has 0 radical (unpaired) electrons. The first-order valence-corrected chi connectivity index (χ1v) is 1.73. The molecule has 0 atom stereocenters. The molecule has 42 valence electrons. The molecule has 0 amide bonds. The number of hydrogen-bond donors (Lipinski definition) is 1. The van der Waals surface area contributed by atoms with Crippen LogP contribution in [-0.2, 0) is 14.2 Å². The fraction of sp³-hybridized carbons (Fsp3) is 0. The van der Waals surface area contributed by atoms with Gasteiger partial charge in [-0.25, -0.2) is 4.57 Å². The third kappa shape index (κ3) is 173. The van der Waals surface area contributed by atoms with Crippen LogP contribution >= 0.6 is 8.69 Å². The highest BCUT2D eigenvalue weighted by Crippen LogP contribution is 1.66. The van der Waals surface area contributed by atoms with Gasteiger partial charge in [-0.15, -0.1) is 0 Å². The van der Waals surface area contributed by atoms with E-state index in [4.69, 9.17) is 19.0 Å². The molecule has 0 rings (SSSR count). The first-order valence-electron chi connectivity index (χ1n) is 0.960. The van der Waals surface area contributed by atoms with Crippen LogP contribution in [-0.4, -0.2) is 18.5 Å². The van der Waals surface area contributed by atoms with Crippen LogP contribution in [0.4, 0.5) is 0 Å². The first kappa shape index (κ1) is 16.1. The van der Waals surface area contributed by atoms with Gasteiger partial charge in [0.1, 0.15) is 13.6 Å². The molecule has 0 aromatic heterocycles. The summed E-state index contributed by atoms with van der Waals surface area (Å²) in [6, 6.07) is 0. The summed E-state index contributed by atoms with van der Waals surface area (Å²) in [5, 5.41) is 0. The van der Waals surface area contributed by atoms with Crippen molar-refractivity contribution in [2.45, 2.75) is 0 Å². The van der Waals surface area contributed by atoms with Gasteiger partial charge in [0.15, 0.2) is 0 Å². The second kappa shape index (κ2) is 653. The monoisotopic (exact) mass is 124 g/mol. The maximum atomic E-state index is 8.46. The van der Waals surface area contributed by atoms with E-state index >= 15 is 0 Å². The maximum Gasteiger partial charge on any atom is 0.324 e. The molecular weight excluding hydrogens is 119 g/mol. The van der Waals surface area contributed by atoms with Crippen molar-refractivity contribution in [3.8, 4) is 0 Å². The zero-order chi connectivity index (χ0) is 6.71. The van der Waals surface area contributed by atoms with Crippen LogP contribution in [0.3, 0.4) is 0 Å². The predicted octanol–water partition coefficient (Wildman–Crippen LogP) is -0.184. The van der Waals surface area contributed by atoms with Gasteiger partial charge < -0.3 is 14.5 Å². The van der Waals surface area contributed by atoms with Crippen molar-refractivity contribution in [2.75, 3.05) is 0 Å². The predicted molar refractivity (Wildman–Crippen MR) is 24.1 cm³/mol. The van der Waals surface area contributed by atoms with E-state index in [-0.39, 0.29) is 0 Å². The van der Waals surface area contributed by atoms with Crippen molar-refractivity contribution in [3.05, 3.63) is 0 Å². The summed E-state index contributed by atoms with van der Waals surface area (Å²) in [5.41, 5.74) is 0. The van der Waals surface area contributed by atoms with Gasteiger partial charge in [0.2, 0.25) is 0 Å². The van der Waals surface area contributed by atoms with Gasteiger partial charge >= 0.3 is 8.69 Å².